The van der Waals surface area contributed by atoms with Crippen LogP contribution in [0.5, 0.6) is 0 Å². The summed E-state index contributed by atoms with van der Waals surface area (Å²) in [6, 6.07) is 9.36. The number of aryl methyl sites for hydroxylation is 1. The highest BCUT2D eigenvalue weighted by Crippen LogP contribution is 2.35. The summed E-state index contributed by atoms with van der Waals surface area (Å²) in [5.41, 5.74) is 1.41. The fourth-order valence-corrected chi connectivity index (χ4v) is 3.59. The molecule has 1 aromatic carbocycles. The zero-order valence-corrected chi connectivity index (χ0v) is 16.5. The number of nitrogens with one attached hydrogen (secondary N) is 1. The zero-order chi connectivity index (χ0) is 19.4. The predicted molar refractivity (Wildman–Crippen MR) is 104 cm³/mol. The topological polar surface area (TPSA) is 94.4 Å². The fraction of sp³-hybridized carbons (Fsp3) is 0.368. The molecule has 27 heavy (non-hydrogen) atoms. The molecule has 0 radical (unpaired) electrons. The van der Waals surface area contributed by atoms with Gasteiger partial charge in [-0.05, 0) is 37.5 Å². The van der Waals surface area contributed by atoms with Crippen molar-refractivity contribution in [2.75, 3.05) is 19.8 Å². The first kappa shape index (κ1) is 19.4. The van der Waals surface area contributed by atoms with Crippen LogP contribution in [0.2, 0.25) is 0 Å². The number of hydrogen-bond donors (Lipinski definition) is 1. The van der Waals surface area contributed by atoms with Gasteiger partial charge in [0.1, 0.15) is 6.20 Å². The molecule has 1 amide bonds. The summed E-state index contributed by atoms with van der Waals surface area (Å²) in [7, 11) is 0. The van der Waals surface area contributed by atoms with Gasteiger partial charge in [0.25, 0.3) is 11.6 Å². The Morgan fingerprint density at radius 3 is 2.63 bits per heavy atom. The van der Waals surface area contributed by atoms with E-state index in [0.29, 0.717) is 25.5 Å². The van der Waals surface area contributed by atoms with Crippen LogP contribution in [0.15, 0.2) is 41.0 Å². The summed E-state index contributed by atoms with van der Waals surface area (Å²) < 4.78 is 6.51. The molecule has 8 heteroatoms. The Kier molecular flexibility index (Phi) is 5.86. The van der Waals surface area contributed by atoms with E-state index in [2.05, 4.69) is 38.4 Å². The maximum atomic E-state index is 12.7. The molecule has 1 fully saturated rings. The van der Waals surface area contributed by atoms with Crippen LogP contribution in [0.3, 0.4) is 0 Å². The minimum absolute atomic E-state index is 0.195. The molecule has 0 aliphatic carbocycles. The number of carbonyl (C=O) groups is 1. The summed E-state index contributed by atoms with van der Waals surface area (Å²) in [5.74, 6) is -0.355. The highest BCUT2D eigenvalue weighted by Gasteiger charge is 2.35. The second-order valence-electron chi connectivity index (χ2n) is 6.67. The van der Waals surface area contributed by atoms with Gasteiger partial charge in [0.2, 0.25) is 0 Å². The second kappa shape index (κ2) is 8.14. The molecule has 1 saturated heterocycles. The molecule has 142 valence electrons. The number of nitro groups is 1. The number of rotatable bonds is 5. The lowest BCUT2D eigenvalue weighted by atomic mass is 9.74. The molecule has 0 spiro atoms. The molecule has 1 N–H and O–H groups in total. The van der Waals surface area contributed by atoms with E-state index in [1.165, 1.54) is 6.07 Å². The Hall–Kier alpha value is -2.32. The molecule has 0 bridgehead atoms. The lowest BCUT2D eigenvalue weighted by Crippen LogP contribution is -2.44. The van der Waals surface area contributed by atoms with Crippen molar-refractivity contribution in [2.24, 2.45) is 0 Å². The van der Waals surface area contributed by atoms with E-state index >= 15 is 0 Å². The third-order valence-electron chi connectivity index (χ3n) is 5.02. The van der Waals surface area contributed by atoms with Crippen LogP contribution in [0.25, 0.3) is 0 Å². The van der Waals surface area contributed by atoms with Crippen molar-refractivity contribution in [3.8, 4) is 0 Å². The third-order valence-corrected chi connectivity index (χ3v) is 5.55. The van der Waals surface area contributed by atoms with E-state index in [-0.39, 0.29) is 22.6 Å². The molecule has 1 aromatic heterocycles. The summed E-state index contributed by atoms with van der Waals surface area (Å²) in [6.45, 7) is 3.35. The maximum Gasteiger partial charge on any atom is 0.288 e. The van der Waals surface area contributed by atoms with Crippen molar-refractivity contribution in [1.29, 1.82) is 0 Å². The van der Waals surface area contributed by atoms with Crippen molar-refractivity contribution < 1.29 is 14.5 Å². The molecule has 1 aliphatic rings. The highest BCUT2D eigenvalue weighted by molar-refractivity contribution is 9.10. The smallest absolute Gasteiger partial charge is 0.288 e. The Morgan fingerprint density at radius 1 is 1.33 bits per heavy atom. The number of nitrogens with zero attached hydrogens (tertiary/aromatic N) is 2. The molecule has 2 aromatic rings. The van der Waals surface area contributed by atoms with Gasteiger partial charge >= 0.3 is 0 Å². The average Bonchev–Trinajstić information content (AvgIpc) is 2.67. The summed E-state index contributed by atoms with van der Waals surface area (Å²) in [5, 5.41) is 13.9. The van der Waals surface area contributed by atoms with Gasteiger partial charge in [-0.25, -0.2) is 0 Å². The number of pyridine rings is 1. The molecule has 0 atom stereocenters. The van der Waals surface area contributed by atoms with Gasteiger partial charge in [0.05, 0.1) is 16.2 Å². The first-order chi connectivity index (χ1) is 12.9. The normalized spacial score (nSPS) is 15.9. The maximum absolute atomic E-state index is 12.7. The number of amides is 1. The Bertz CT molecular complexity index is 849. The molecule has 0 unspecified atom stereocenters. The van der Waals surface area contributed by atoms with Gasteiger partial charge in [-0.15, -0.1) is 0 Å². The van der Waals surface area contributed by atoms with Crippen molar-refractivity contribution in [1.82, 2.24) is 10.3 Å². The van der Waals surface area contributed by atoms with Crippen molar-refractivity contribution in [3.05, 3.63) is 67.9 Å². The quantitative estimate of drug-likeness (QED) is 0.574. The summed E-state index contributed by atoms with van der Waals surface area (Å²) >= 11 is 3.45. The molecular weight excluding hydrogens is 414 g/mol. The van der Waals surface area contributed by atoms with Crippen LogP contribution < -0.4 is 5.32 Å². The number of halogens is 1. The molecule has 3 rings (SSSR count). The lowest BCUT2D eigenvalue weighted by Gasteiger charge is -2.38. The van der Waals surface area contributed by atoms with E-state index in [1.54, 1.807) is 6.92 Å². The summed E-state index contributed by atoms with van der Waals surface area (Å²) in [6.07, 6.45) is 2.75. The van der Waals surface area contributed by atoms with E-state index < -0.39 is 4.92 Å². The third kappa shape index (κ3) is 4.33. The van der Waals surface area contributed by atoms with Crippen LogP contribution in [0, 0.1) is 17.0 Å². The molecule has 7 nitrogen and oxygen atoms in total. The molecule has 1 aliphatic heterocycles. The number of hydrogen-bond acceptors (Lipinski definition) is 5. The van der Waals surface area contributed by atoms with Gasteiger partial charge < -0.3 is 10.1 Å². The Labute approximate surface area is 165 Å². The predicted octanol–water partition coefficient (Wildman–Crippen LogP) is 3.54. The first-order valence-electron chi connectivity index (χ1n) is 8.64. The molecule has 0 saturated carbocycles. The monoisotopic (exact) mass is 433 g/mol. The highest BCUT2D eigenvalue weighted by atomic mass is 79.9. The standard InChI is InChI=1S/C19H20BrN3O4/c1-13-17(10-16(11-21-13)23(25)26)18(24)22-12-19(6-8-27-9-7-19)14-2-4-15(20)5-3-14/h2-5,10-11H,6-9,12H2,1H3,(H,22,24). The minimum atomic E-state index is -0.551. The van der Waals surface area contributed by atoms with Crippen LogP contribution in [-0.4, -0.2) is 35.6 Å². The SMILES string of the molecule is Cc1ncc([N+](=O)[O-])cc1C(=O)NCC1(c2ccc(Br)cc2)CCOCC1. The van der Waals surface area contributed by atoms with Crippen molar-refractivity contribution >= 4 is 27.5 Å². The van der Waals surface area contributed by atoms with Gasteiger partial charge in [0, 0.05) is 35.7 Å². The summed E-state index contributed by atoms with van der Waals surface area (Å²) in [4.78, 5) is 27.1. The van der Waals surface area contributed by atoms with Crippen LogP contribution in [0.4, 0.5) is 5.69 Å². The minimum Gasteiger partial charge on any atom is -0.381 e. The van der Waals surface area contributed by atoms with Gasteiger partial charge in [-0.3, -0.25) is 19.9 Å². The van der Waals surface area contributed by atoms with Gasteiger partial charge in [-0.1, -0.05) is 28.1 Å². The van der Waals surface area contributed by atoms with Gasteiger partial charge in [-0.2, -0.15) is 0 Å². The lowest BCUT2D eigenvalue weighted by molar-refractivity contribution is -0.385. The largest absolute Gasteiger partial charge is 0.381 e. The van der Waals surface area contributed by atoms with Gasteiger partial charge in [0.15, 0.2) is 0 Å². The fourth-order valence-electron chi connectivity index (χ4n) is 3.33. The van der Waals surface area contributed by atoms with Crippen LogP contribution >= 0.6 is 15.9 Å². The Balaban J connectivity index is 1.82. The second-order valence-corrected chi connectivity index (χ2v) is 7.58. The number of carbonyl (C=O) groups excluding carboxylic acids is 1. The van der Waals surface area contributed by atoms with Crippen molar-refractivity contribution in [2.45, 2.75) is 25.2 Å². The molecule has 2 heterocycles. The zero-order valence-electron chi connectivity index (χ0n) is 14.9. The van der Waals surface area contributed by atoms with E-state index in [9.17, 15) is 14.9 Å². The van der Waals surface area contributed by atoms with E-state index in [1.807, 2.05) is 12.1 Å². The van der Waals surface area contributed by atoms with Crippen molar-refractivity contribution in [3.63, 3.8) is 0 Å². The van der Waals surface area contributed by atoms with E-state index in [4.69, 9.17) is 4.74 Å². The van der Waals surface area contributed by atoms with Crippen LogP contribution in [0.1, 0.15) is 34.5 Å². The number of benzene rings is 1. The van der Waals surface area contributed by atoms with E-state index in [0.717, 1.165) is 29.1 Å². The first-order valence-corrected chi connectivity index (χ1v) is 9.44. The molecular formula is C19H20BrN3O4. The average molecular weight is 434 g/mol. The Morgan fingerprint density at radius 2 is 2.00 bits per heavy atom. The number of ether oxygens (including phenoxy) is 1. The number of aromatic nitrogens is 1. The van der Waals surface area contributed by atoms with Crippen LogP contribution in [-0.2, 0) is 10.2 Å².